The van der Waals surface area contributed by atoms with Crippen LogP contribution in [0.2, 0.25) is 0 Å². The van der Waals surface area contributed by atoms with Gasteiger partial charge in [0.1, 0.15) is 0 Å². The molecule has 0 unspecified atom stereocenters. The van der Waals surface area contributed by atoms with E-state index in [0.717, 1.165) is 35.2 Å². The third-order valence-corrected chi connectivity index (χ3v) is 6.31. The van der Waals surface area contributed by atoms with Crippen molar-refractivity contribution < 1.29 is 18.0 Å². The molecule has 0 aromatic carbocycles. The smallest absolute Gasteiger partial charge is 0.350 e. The van der Waals surface area contributed by atoms with Crippen LogP contribution >= 0.6 is 0 Å². The summed E-state index contributed by atoms with van der Waals surface area (Å²) in [6, 6.07) is 7.06. The van der Waals surface area contributed by atoms with E-state index in [1.165, 1.54) is 6.20 Å². The number of nitrogens with zero attached hydrogens (tertiary/aromatic N) is 5. The molecule has 10 heteroatoms. The van der Waals surface area contributed by atoms with Crippen molar-refractivity contribution in [3.63, 3.8) is 0 Å². The number of aryl methyl sites for hydroxylation is 1. The summed E-state index contributed by atoms with van der Waals surface area (Å²) in [5, 5.41) is 11.5. The first kappa shape index (κ1) is 22.2. The van der Waals surface area contributed by atoms with Gasteiger partial charge in [0.2, 0.25) is 0 Å². The molecule has 1 fully saturated rings. The van der Waals surface area contributed by atoms with Crippen LogP contribution in [0.3, 0.4) is 0 Å². The van der Waals surface area contributed by atoms with E-state index < -0.39 is 18.1 Å². The fourth-order valence-corrected chi connectivity index (χ4v) is 4.42. The lowest BCUT2D eigenvalue weighted by Crippen LogP contribution is -2.36. The molecular formula is C24H23F3N6O. The van der Waals surface area contributed by atoms with Gasteiger partial charge in [-0.3, -0.25) is 14.8 Å². The van der Waals surface area contributed by atoms with E-state index >= 15 is 0 Å². The molecule has 0 atom stereocenters. The molecular weight excluding hydrogens is 445 g/mol. The number of nitrogens with one attached hydrogen (secondary N) is 1. The van der Waals surface area contributed by atoms with Crippen molar-refractivity contribution in [2.24, 2.45) is 0 Å². The highest BCUT2D eigenvalue weighted by molar-refractivity contribution is 5.93. The first-order valence-electron chi connectivity index (χ1n) is 11.1. The number of amides is 1. The Morgan fingerprint density at radius 3 is 2.71 bits per heavy atom. The molecule has 0 radical (unpaired) electrons. The van der Waals surface area contributed by atoms with Crippen LogP contribution in [0.15, 0.2) is 42.9 Å². The van der Waals surface area contributed by atoms with Gasteiger partial charge in [0.15, 0.2) is 11.5 Å². The Labute approximate surface area is 194 Å². The van der Waals surface area contributed by atoms with Gasteiger partial charge in [-0.05, 0) is 54.2 Å². The normalized spacial score (nSPS) is 16.6. The topological polar surface area (TPSA) is 83.9 Å². The van der Waals surface area contributed by atoms with E-state index in [1.54, 1.807) is 24.5 Å². The Morgan fingerprint density at radius 2 is 2.03 bits per heavy atom. The van der Waals surface area contributed by atoms with Crippen LogP contribution in [0.4, 0.5) is 19.0 Å². The summed E-state index contributed by atoms with van der Waals surface area (Å²) in [6.45, 7) is 2.85. The largest absolute Gasteiger partial charge is 0.393 e. The van der Waals surface area contributed by atoms with Gasteiger partial charge < -0.3 is 10.2 Å². The minimum Gasteiger partial charge on any atom is -0.350 e. The molecule has 4 heterocycles. The average molecular weight is 468 g/mol. The third-order valence-electron chi connectivity index (χ3n) is 6.31. The van der Waals surface area contributed by atoms with Gasteiger partial charge in [-0.1, -0.05) is 12.1 Å². The maximum absolute atomic E-state index is 12.9. The summed E-state index contributed by atoms with van der Waals surface area (Å²) in [7, 11) is 0. The molecule has 1 aliphatic heterocycles. The van der Waals surface area contributed by atoms with Crippen molar-refractivity contribution >= 4 is 11.7 Å². The van der Waals surface area contributed by atoms with Crippen LogP contribution in [0.1, 0.15) is 51.3 Å². The molecule has 3 aromatic rings. The van der Waals surface area contributed by atoms with Crippen molar-refractivity contribution in [3.8, 4) is 0 Å². The molecule has 3 aromatic heterocycles. The lowest BCUT2D eigenvalue weighted by Gasteiger charge is -2.30. The second-order valence-corrected chi connectivity index (χ2v) is 8.93. The number of hydrogen-bond donors (Lipinski definition) is 1. The molecule has 1 aliphatic carbocycles. The first-order chi connectivity index (χ1) is 16.2. The van der Waals surface area contributed by atoms with Crippen LogP contribution in [-0.2, 0) is 24.9 Å². The van der Waals surface area contributed by atoms with Gasteiger partial charge in [-0.2, -0.15) is 13.2 Å². The van der Waals surface area contributed by atoms with E-state index in [4.69, 9.17) is 0 Å². The van der Waals surface area contributed by atoms with E-state index in [1.807, 2.05) is 24.0 Å². The Morgan fingerprint density at radius 1 is 1.21 bits per heavy atom. The molecule has 0 saturated heterocycles. The van der Waals surface area contributed by atoms with Crippen LogP contribution in [-0.4, -0.2) is 38.8 Å². The highest BCUT2D eigenvalue weighted by atomic mass is 19.4. The molecule has 1 amide bonds. The van der Waals surface area contributed by atoms with Gasteiger partial charge in [0.05, 0.1) is 12.0 Å². The van der Waals surface area contributed by atoms with Gasteiger partial charge in [-0.15, -0.1) is 10.2 Å². The number of aromatic nitrogens is 4. The SMILES string of the molecule is Cc1cc(C(=O)NC2(c3cccnc3)CC2)nnc1N1CCc2ncc(CC(F)(F)F)cc2C1. The maximum Gasteiger partial charge on any atom is 0.393 e. The van der Waals surface area contributed by atoms with Crippen molar-refractivity contribution in [3.05, 3.63) is 76.5 Å². The number of carbonyl (C=O) groups is 1. The summed E-state index contributed by atoms with van der Waals surface area (Å²) >= 11 is 0. The number of alkyl halides is 3. The zero-order valence-corrected chi connectivity index (χ0v) is 18.6. The van der Waals surface area contributed by atoms with Crippen LogP contribution < -0.4 is 10.2 Å². The minimum atomic E-state index is -4.28. The van der Waals surface area contributed by atoms with Crippen molar-refractivity contribution in [1.29, 1.82) is 0 Å². The van der Waals surface area contributed by atoms with Gasteiger partial charge in [0.25, 0.3) is 5.91 Å². The number of rotatable bonds is 5. The Balaban J connectivity index is 1.31. The van der Waals surface area contributed by atoms with Crippen molar-refractivity contribution in [2.45, 2.75) is 50.9 Å². The Kier molecular flexibility index (Phi) is 5.45. The lowest BCUT2D eigenvalue weighted by atomic mass is 10.0. The Hall–Kier alpha value is -3.56. The number of carbonyl (C=O) groups excluding carboxylic acids is 1. The molecule has 1 saturated carbocycles. The predicted octanol–water partition coefficient (Wildman–Crippen LogP) is 3.66. The zero-order valence-electron chi connectivity index (χ0n) is 18.6. The average Bonchev–Trinajstić information content (AvgIpc) is 3.58. The number of hydrogen-bond acceptors (Lipinski definition) is 6. The fraction of sp³-hybridized carbons (Fsp3) is 0.375. The van der Waals surface area contributed by atoms with Crippen molar-refractivity contribution in [1.82, 2.24) is 25.5 Å². The predicted molar refractivity (Wildman–Crippen MR) is 118 cm³/mol. The molecule has 34 heavy (non-hydrogen) atoms. The quantitative estimate of drug-likeness (QED) is 0.615. The van der Waals surface area contributed by atoms with Crippen LogP contribution in [0, 0.1) is 6.92 Å². The summed E-state index contributed by atoms with van der Waals surface area (Å²) in [5.74, 6) is 0.310. The van der Waals surface area contributed by atoms with E-state index in [2.05, 4.69) is 25.5 Å². The standard InChI is InChI=1S/C24H23F3N6O/c1-15-9-20(22(34)30-23(5-6-23)18-3-2-7-28-13-18)31-32-21(15)33-8-4-19-17(14-33)10-16(12-29-19)11-24(25,26)27/h2-3,7,9-10,12-13H,4-6,8,11,14H2,1H3,(H,30,34). The minimum absolute atomic E-state index is 0.144. The van der Waals surface area contributed by atoms with E-state index in [-0.39, 0.29) is 17.2 Å². The fourth-order valence-electron chi connectivity index (χ4n) is 4.42. The second-order valence-electron chi connectivity index (χ2n) is 8.93. The monoisotopic (exact) mass is 468 g/mol. The first-order valence-corrected chi connectivity index (χ1v) is 11.1. The maximum atomic E-state index is 12.9. The second kappa shape index (κ2) is 8.34. The summed E-state index contributed by atoms with van der Waals surface area (Å²) in [6.07, 6.45) is 1.75. The van der Waals surface area contributed by atoms with Gasteiger partial charge >= 0.3 is 6.18 Å². The van der Waals surface area contributed by atoms with Crippen LogP contribution in [0.5, 0.6) is 0 Å². The number of halogens is 3. The summed E-state index contributed by atoms with van der Waals surface area (Å²) in [4.78, 5) is 23.2. The summed E-state index contributed by atoms with van der Waals surface area (Å²) in [5.41, 5.74) is 3.26. The van der Waals surface area contributed by atoms with Gasteiger partial charge in [0, 0.05) is 43.8 Å². The molecule has 5 rings (SSSR count). The molecule has 7 nitrogen and oxygen atoms in total. The summed E-state index contributed by atoms with van der Waals surface area (Å²) < 4.78 is 38.3. The number of anilines is 1. The van der Waals surface area contributed by atoms with Gasteiger partial charge in [-0.25, -0.2) is 0 Å². The highest BCUT2D eigenvalue weighted by Gasteiger charge is 2.46. The number of pyridine rings is 2. The van der Waals surface area contributed by atoms with Crippen LogP contribution in [0.25, 0.3) is 0 Å². The third kappa shape index (κ3) is 4.57. The highest BCUT2D eigenvalue weighted by Crippen LogP contribution is 2.45. The zero-order chi connectivity index (χ0) is 23.9. The van der Waals surface area contributed by atoms with Crippen molar-refractivity contribution in [2.75, 3.05) is 11.4 Å². The molecule has 1 N–H and O–H groups in total. The number of fused-ring (bicyclic) bond motifs is 1. The molecule has 176 valence electrons. The molecule has 0 bridgehead atoms. The molecule has 0 spiro atoms. The lowest BCUT2D eigenvalue weighted by molar-refractivity contribution is -0.127. The Bertz CT molecular complexity index is 1230. The van der Waals surface area contributed by atoms with E-state index in [0.29, 0.717) is 25.3 Å². The molecule has 2 aliphatic rings. The van der Waals surface area contributed by atoms with E-state index in [9.17, 15) is 18.0 Å².